The molecule has 2 aromatic rings. The van der Waals surface area contributed by atoms with Crippen LogP contribution in [0.2, 0.25) is 0 Å². The highest BCUT2D eigenvalue weighted by Gasteiger charge is 2.33. The molecule has 0 spiro atoms. The van der Waals surface area contributed by atoms with Gasteiger partial charge >= 0.3 is 5.97 Å². The third-order valence-electron chi connectivity index (χ3n) is 5.81. The Bertz CT molecular complexity index is 1010. The van der Waals surface area contributed by atoms with Crippen molar-refractivity contribution < 1.29 is 24.1 Å². The average molecular weight is 404 g/mol. The number of esters is 1. The molecule has 0 amide bonds. The first kappa shape index (κ1) is 19.8. The molecule has 0 radical (unpaired) electrons. The number of halogens is 1. The van der Waals surface area contributed by atoms with Gasteiger partial charge in [-0.05, 0) is 38.7 Å². The number of rotatable bonds is 6. The summed E-state index contributed by atoms with van der Waals surface area (Å²) in [7, 11) is 0. The molecule has 7 nitrogen and oxygen atoms in total. The maximum Gasteiger partial charge on any atom is 0.343 e. The number of nitrogens with zero attached hydrogens (tertiary/aromatic N) is 2. The van der Waals surface area contributed by atoms with Gasteiger partial charge in [-0.3, -0.25) is 4.79 Å². The van der Waals surface area contributed by atoms with E-state index in [1.165, 1.54) is 6.20 Å². The highest BCUT2D eigenvalue weighted by molar-refractivity contribution is 5.96. The van der Waals surface area contributed by atoms with Crippen LogP contribution in [0.4, 0.5) is 10.1 Å². The molecule has 2 heterocycles. The Morgan fingerprint density at radius 2 is 2.07 bits per heavy atom. The molecule has 1 aromatic heterocycles. The van der Waals surface area contributed by atoms with Crippen LogP contribution in [0.3, 0.4) is 0 Å². The van der Waals surface area contributed by atoms with Gasteiger partial charge in [-0.2, -0.15) is 0 Å². The van der Waals surface area contributed by atoms with E-state index in [2.05, 4.69) is 0 Å². The fraction of sp³-hybridized carbons (Fsp3) is 0.524. The minimum atomic E-state index is -0.733. The number of benzene rings is 1. The van der Waals surface area contributed by atoms with E-state index in [-0.39, 0.29) is 41.9 Å². The van der Waals surface area contributed by atoms with E-state index >= 15 is 4.39 Å². The Labute approximate surface area is 167 Å². The van der Waals surface area contributed by atoms with Crippen LogP contribution in [0.1, 0.15) is 54.6 Å². The van der Waals surface area contributed by atoms with E-state index in [0.717, 1.165) is 31.7 Å². The molecule has 2 fully saturated rings. The molecule has 2 N–H and O–H groups in total. The molecule has 2 aliphatic rings. The van der Waals surface area contributed by atoms with Crippen molar-refractivity contribution in [3.63, 3.8) is 0 Å². The second-order valence-electron chi connectivity index (χ2n) is 7.64. The maximum atomic E-state index is 15.2. The van der Waals surface area contributed by atoms with Crippen molar-refractivity contribution in [2.45, 2.75) is 51.3 Å². The summed E-state index contributed by atoms with van der Waals surface area (Å²) in [6, 6.07) is 1.01. The molecule has 1 aliphatic carbocycles. The molecule has 1 aliphatic heterocycles. The first-order valence-electron chi connectivity index (χ1n) is 10.1. The first-order chi connectivity index (χ1) is 14.0. The summed E-state index contributed by atoms with van der Waals surface area (Å²) in [6.07, 6.45) is 4.77. The standard InChI is InChI=1S/C21H25FN2O5/c1-2-29-21(28)15-9-24(12-5-6-12)18-14(20(15)27)8-17(22)19(16(18)11-26)23-7-3-4-13(23)10-25/h8-9,12-13,25-26H,2-7,10-11H2,1H3/t13-/m0/s1. The van der Waals surface area contributed by atoms with Gasteiger partial charge in [0.25, 0.3) is 0 Å². The predicted molar refractivity (Wildman–Crippen MR) is 106 cm³/mol. The molecule has 29 heavy (non-hydrogen) atoms. The largest absolute Gasteiger partial charge is 0.462 e. The van der Waals surface area contributed by atoms with Crippen LogP contribution < -0.4 is 10.3 Å². The summed E-state index contributed by atoms with van der Waals surface area (Å²) in [5, 5.41) is 19.9. The molecule has 1 saturated heterocycles. The van der Waals surface area contributed by atoms with E-state index in [4.69, 9.17) is 4.74 Å². The quantitative estimate of drug-likeness (QED) is 0.717. The minimum absolute atomic E-state index is 0.0625. The summed E-state index contributed by atoms with van der Waals surface area (Å²) >= 11 is 0. The number of hydrogen-bond acceptors (Lipinski definition) is 6. The topological polar surface area (TPSA) is 92.0 Å². The first-order valence-corrected chi connectivity index (χ1v) is 10.1. The normalized spacial score (nSPS) is 19.2. The fourth-order valence-corrected chi connectivity index (χ4v) is 4.33. The number of anilines is 1. The third kappa shape index (κ3) is 3.30. The van der Waals surface area contributed by atoms with E-state index in [0.29, 0.717) is 17.6 Å². The van der Waals surface area contributed by atoms with Crippen molar-refractivity contribution in [3.05, 3.63) is 39.4 Å². The summed E-state index contributed by atoms with van der Waals surface area (Å²) in [5.41, 5.74) is 0.273. The Balaban J connectivity index is 2.01. The van der Waals surface area contributed by atoms with Crippen molar-refractivity contribution in [2.24, 2.45) is 0 Å². The van der Waals surface area contributed by atoms with Crippen LogP contribution in [-0.2, 0) is 11.3 Å². The number of aromatic nitrogens is 1. The SMILES string of the molecule is CCOC(=O)c1cn(C2CC2)c2c(CO)c(N3CCC[C@H]3CO)c(F)cc2c1=O. The maximum absolute atomic E-state index is 15.2. The van der Waals surface area contributed by atoms with E-state index in [1.807, 2.05) is 4.57 Å². The minimum Gasteiger partial charge on any atom is -0.462 e. The molecule has 0 bridgehead atoms. The average Bonchev–Trinajstić information content (AvgIpc) is 3.45. The van der Waals surface area contributed by atoms with Crippen LogP contribution in [0.15, 0.2) is 17.1 Å². The summed E-state index contributed by atoms with van der Waals surface area (Å²) in [4.78, 5) is 27.1. The van der Waals surface area contributed by atoms with Crippen LogP contribution in [0.25, 0.3) is 10.9 Å². The summed E-state index contributed by atoms with van der Waals surface area (Å²) in [5.74, 6) is -1.37. The van der Waals surface area contributed by atoms with Crippen molar-refractivity contribution in [3.8, 4) is 0 Å². The number of aliphatic hydroxyl groups is 2. The molecule has 8 heteroatoms. The lowest BCUT2D eigenvalue weighted by atomic mass is 10.0. The molecule has 4 rings (SSSR count). The van der Waals surface area contributed by atoms with Gasteiger partial charge in [0.1, 0.15) is 11.4 Å². The van der Waals surface area contributed by atoms with E-state index in [9.17, 15) is 19.8 Å². The summed E-state index contributed by atoms with van der Waals surface area (Å²) < 4.78 is 22.0. The van der Waals surface area contributed by atoms with Gasteiger partial charge in [0.15, 0.2) is 0 Å². The molecular formula is C21H25FN2O5. The van der Waals surface area contributed by atoms with Gasteiger partial charge in [-0.15, -0.1) is 0 Å². The third-order valence-corrected chi connectivity index (χ3v) is 5.81. The number of aliphatic hydroxyl groups excluding tert-OH is 2. The predicted octanol–water partition coefficient (Wildman–Crippen LogP) is 2.11. The molecule has 1 saturated carbocycles. The number of ether oxygens (including phenoxy) is 1. The van der Waals surface area contributed by atoms with Gasteiger partial charge < -0.3 is 24.4 Å². The second-order valence-corrected chi connectivity index (χ2v) is 7.64. The summed E-state index contributed by atoms with van der Waals surface area (Å²) in [6.45, 7) is 1.78. The fourth-order valence-electron chi connectivity index (χ4n) is 4.33. The van der Waals surface area contributed by atoms with Gasteiger partial charge in [-0.25, -0.2) is 9.18 Å². The smallest absolute Gasteiger partial charge is 0.343 e. The Hall–Kier alpha value is -2.45. The zero-order valence-electron chi connectivity index (χ0n) is 16.4. The molecule has 156 valence electrons. The van der Waals surface area contributed by atoms with Crippen LogP contribution in [0.5, 0.6) is 0 Å². The van der Waals surface area contributed by atoms with Crippen molar-refractivity contribution in [2.75, 3.05) is 24.7 Å². The van der Waals surface area contributed by atoms with Crippen molar-refractivity contribution >= 4 is 22.6 Å². The van der Waals surface area contributed by atoms with Crippen LogP contribution in [-0.4, -0.2) is 46.5 Å². The molecular weight excluding hydrogens is 379 g/mol. The van der Waals surface area contributed by atoms with Gasteiger partial charge in [0.05, 0.1) is 37.1 Å². The number of pyridine rings is 1. The number of carbonyl (C=O) groups is 1. The van der Waals surface area contributed by atoms with Crippen molar-refractivity contribution in [1.29, 1.82) is 0 Å². The van der Waals surface area contributed by atoms with Gasteiger partial charge in [-0.1, -0.05) is 0 Å². The van der Waals surface area contributed by atoms with E-state index < -0.39 is 23.8 Å². The molecule has 0 unspecified atom stereocenters. The lowest BCUT2D eigenvalue weighted by Crippen LogP contribution is -2.34. The van der Waals surface area contributed by atoms with Crippen LogP contribution >= 0.6 is 0 Å². The monoisotopic (exact) mass is 404 g/mol. The zero-order chi connectivity index (χ0) is 20.7. The Morgan fingerprint density at radius 3 is 2.69 bits per heavy atom. The lowest BCUT2D eigenvalue weighted by molar-refractivity contribution is 0.0524. The number of hydrogen-bond donors (Lipinski definition) is 2. The number of carbonyl (C=O) groups excluding carboxylic acids is 1. The van der Waals surface area contributed by atoms with Crippen molar-refractivity contribution in [1.82, 2.24) is 4.57 Å². The van der Waals surface area contributed by atoms with Crippen LogP contribution in [0, 0.1) is 5.82 Å². The molecule has 1 atom stereocenters. The second kappa shape index (κ2) is 7.76. The van der Waals surface area contributed by atoms with Gasteiger partial charge in [0.2, 0.25) is 5.43 Å². The van der Waals surface area contributed by atoms with E-state index in [1.54, 1.807) is 11.8 Å². The highest BCUT2D eigenvalue weighted by atomic mass is 19.1. The number of fused-ring (bicyclic) bond motifs is 1. The lowest BCUT2D eigenvalue weighted by Gasteiger charge is -2.29. The Morgan fingerprint density at radius 1 is 1.31 bits per heavy atom. The molecule has 1 aromatic carbocycles. The van der Waals surface area contributed by atoms with Gasteiger partial charge in [0, 0.05) is 29.7 Å². The zero-order valence-corrected chi connectivity index (χ0v) is 16.4. The highest BCUT2D eigenvalue weighted by Crippen LogP contribution is 2.41. The Kier molecular flexibility index (Phi) is 5.31.